The third-order valence-corrected chi connectivity index (χ3v) is 4.18. The van der Waals surface area contributed by atoms with Gasteiger partial charge in [-0.1, -0.05) is 0 Å². The molecule has 0 nitrogen and oxygen atoms in total. The van der Waals surface area contributed by atoms with E-state index in [2.05, 4.69) is 0 Å². The molecule has 15 heavy (non-hydrogen) atoms. The van der Waals surface area contributed by atoms with E-state index in [-0.39, 0.29) is 0 Å². The van der Waals surface area contributed by atoms with Crippen molar-refractivity contribution in [2.24, 2.45) is 0 Å². The predicted octanol–water partition coefficient (Wildman–Crippen LogP) is 2.90. The van der Waals surface area contributed by atoms with Crippen LogP contribution in [0, 0.1) is 21.3 Å². The average molecular weight is 289 g/mol. The van der Waals surface area contributed by atoms with Crippen molar-refractivity contribution in [3.05, 3.63) is 0 Å². The second kappa shape index (κ2) is 4.40. The summed E-state index contributed by atoms with van der Waals surface area (Å²) in [6.07, 6.45) is -9.36. The normalized spacial score (nSPS) is 12.3. The third-order valence-electron chi connectivity index (χ3n) is 1.03. The standard InChI is InChI=1S/C8H6F6Ge/c1-15(2,5-3-7(9,10)11)6-4-8(12,13)14/h1-2H3. The maximum absolute atomic E-state index is 11.6. The summed E-state index contributed by atoms with van der Waals surface area (Å²) in [5, 5.41) is 0. The van der Waals surface area contributed by atoms with E-state index < -0.39 is 25.6 Å². The Hall–Kier alpha value is -0.757. The molecule has 0 amide bonds. The Balaban J connectivity index is 4.82. The number of alkyl halides is 6. The van der Waals surface area contributed by atoms with Crippen LogP contribution in [0.3, 0.4) is 0 Å². The number of hydrogen-bond donors (Lipinski definition) is 0. The fraction of sp³-hybridized carbons (Fsp3) is 0.500. The van der Waals surface area contributed by atoms with Crippen LogP contribution in [0.5, 0.6) is 0 Å². The Morgan fingerprint density at radius 3 is 1.20 bits per heavy atom. The van der Waals surface area contributed by atoms with Crippen molar-refractivity contribution in [2.75, 3.05) is 0 Å². The van der Waals surface area contributed by atoms with Crippen LogP contribution in [0.25, 0.3) is 0 Å². The van der Waals surface area contributed by atoms with E-state index in [1.54, 1.807) is 0 Å². The van der Waals surface area contributed by atoms with Crippen molar-refractivity contribution in [3.8, 4) is 21.3 Å². The van der Waals surface area contributed by atoms with Gasteiger partial charge in [0, 0.05) is 0 Å². The third kappa shape index (κ3) is 9.54. The van der Waals surface area contributed by atoms with Crippen LogP contribution in [0.15, 0.2) is 0 Å². The van der Waals surface area contributed by atoms with Gasteiger partial charge < -0.3 is 0 Å². The summed E-state index contributed by atoms with van der Waals surface area (Å²) in [6, 6.07) is 0. The van der Waals surface area contributed by atoms with Gasteiger partial charge >= 0.3 is 84.8 Å². The zero-order chi connectivity index (χ0) is 12.3. The second-order valence-corrected chi connectivity index (χ2v) is 11.0. The first-order valence-corrected chi connectivity index (χ1v) is 9.93. The van der Waals surface area contributed by atoms with E-state index in [0.29, 0.717) is 0 Å². The number of halogens is 6. The molecule has 0 rings (SSSR count). The van der Waals surface area contributed by atoms with Gasteiger partial charge in [-0.15, -0.1) is 0 Å². The van der Waals surface area contributed by atoms with Gasteiger partial charge in [-0.3, -0.25) is 0 Å². The molecule has 0 N–H and O–H groups in total. The van der Waals surface area contributed by atoms with Crippen LogP contribution in [0.1, 0.15) is 0 Å². The quantitative estimate of drug-likeness (QED) is 0.365. The molecule has 0 aromatic carbocycles. The summed E-state index contributed by atoms with van der Waals surface area (Å²) in [6.45, 7) is 0. The fourth-order valence-corrected chi connectivity index (χ4v) is 2.52. The molecule has 0 aliphatic rings. The zero-order valence-electron chi connectivity index (χ0n) is 7.77. The van der Waals surface area contributed by atoms with Gasteiger partial charge in [0.1, 0.15) is 0 Å². The van der Waals surface area contributed by atoms with E-state index in [1.165, 1.54) is 11.5 Å². The van der Waals surface area contributed by atoms with Gasteiger partial charge in [0.05, 0.1) is 0 Å². The van der Waals surface area contributed by atoms with Crippen LogP contribution in [0.2, 0.25) is 11.5 Å². The van der Waals surface area contributed by atoms with Crippen molar-refractivity contribution in [3.63, 3.8) is 0 Å². The molecule has 0 aromatic rings. The molecular formula is C8H6F6Ge. The Morgan fingerprint density at radius 2 is 1.00 bits per heavy atom. The molecular weight excluding hydrogens is 283 g/mol. The van der Waals surface area contributed by atoms with Crippen molar-refractivity contribution in [1.29, 1.82) is 0 Å². The second-order valence-electron chi connectivity index (χ2n) is 3.12. The molecule has 0 atom stereocenters. The SMILES string of the molecule is [CH3][Ge]([CH3])([C]#CC(F)(F)F)[C]#CC(F)(F)F. The molecule has 7 heteroatoms. The monoisotopic (exact) mass is 290 g/mol. The van der Waals surface area contributed by atoms with Gasteiger partial charge in [-0.25, -0.2) is 0 Å². The Morgan fingerprint density at radius 1 is 0.733 bits per heavy atom. The van der Waals surface area contributed by atoms with Crippen molar-refractivity contribution < 1.29 is 26.3 Å². The molecule has 0 saturated heterocycles. The molecule has 0 heterocycles. The molecule has 0 aromatic heterocycles. The van der Waals surface area contributed by atoms with E-state index in [9.17, 15) is 26.3 Å². The minimum atomic E-state index is -4.68. The van der Waals surface area contributed by atoms with Crippen LogP contribution in [-0.2, 0) is 0 Å². The van der Waals surface area contributed by atoms with Gasteiger partial charge in [-0.2, -0.15) is 0 Å². The first-order valence-electron chi connectivity index (χ1n) is 3.63. The summed E-state index contributed by atoms with van der Waals surface area (Å²) in [4.78, 5) is 0. The number of hydrogen-bond acceptors (Lipinski definition) is 0. The first-order chi connectivity index (χ1) is 6.41. The molecule has 0 fully saturated rings. The van der Waals surface area contributed by atoms with Crippen LogP contribution >= 0.6 is 0 Å². The van der Waals surface area contributed by atoms with Crippen molar-refractivity contribution >= 4 is 13.3 Å². The molecule has 0 aliphatic carbocycles. The molecule has 0 spiro atoms. The van der Waals surface area contributed by atoms with Crippen LogP contribution < -0.4 is 0 Å². The van der Waals surface area contributed by atoms with E-state index >= 15 is 0 Å². The van der Waals surface area contributed by atoms with Gasteiger partial charge in [0.25, 0.3) is 0 Å². The van der Waals surface area contributed by atoms with Gasteiger partial charge in [0.2, 0.25) is 0 Å². The summed E-state index contributed by atoms with van der Waals surface area (Å²) in [5.41, 5.74) is 0. The fourth-order valence-electron chi connectivity index (χ4n) is 0.485. The Bertz CT molecular complexity index is 306. The van der Waals surface area contributed by atoms with Gasteiger partial charge in [0.15, 0.2) is 0 Å². The molecule has 0 bridgehead atoms. The summed E-state index contributed by atoms with van der Waals surface area (Å²) < 4.78 is 73.5. The minimum absolute atomic E-state index is 0.962. The molecule has 84 valence electrons. The van der Waals surface area contributed by atoms with E-state index in [0.717, 1.165) is 11.8 Å². The first kappa shape index (κ1) is 14.2. The van der Waals surface area contributed by atoms with Crippen LogP contribution in [0.4, 0.5) is 26.3 Å². The van der Waals surface area contributed by atoms with Crippen molar-refractivity contribution in [2.45, 2.75) is 23.9 Å². The maximum atomic E-state index is 11.6. The number of rotatable bonds is 0. The summed E-state index contributed by atoms with van der Waals surface area (Å²) >= 11 is -3.59. The molecule has 0 saturated carbocycles. The topological polar surface area (TPSA) is 0 Å². The van der Waals surface area contributed by atoms with Crippen LogP contribution in [-0.4, -0.2) is 25.6 Å². The van der Waals surface area contributed by atoms with E-state index in [1.807, 2.05) is 9.51 Å². The Kier molecular flexibility index (Phi) is 4.18. The average Bonchev–Trinajstić information content (AvgIpc) is 1.96. The predicted molar refractivity (Wildman–Crippen MR) is 45.1 cm³/mol. The van der Waals surface area contributed by atoms with Gasteiger partial charge in [-0.05, 0) is 0 Å². The molecule has 0 unspecified atom stereocenters. The Labute approximate surface area is 85.4 Å². The molecule has 0 radical (unpaired) electrons. The zero-order valence-corrected chi connectivity index (χ0v) is 9.87. The summed E-state index contributed by atoms with van der Waals surface area (Å²) in [7, 11) is 0. The van der Waals surface area contributed by atoms with Crippen molar-refractivity contribution in [1.82, 2.24) is 0 Å². The summed E-state index contributed by atoms with van der Waals surface area (Å²) in [5.74, 6) is 4.45. The molecule has 0 aliphatic heterocycles. The van der Waals surface area contributed by atoms with E-state index in [4.69, 9.17) is 0 Å².